The van der Waals surface area contributed by atoms with Gasteiger partial charge in [0.1, 0.15) is 11.1 Å². The Morgan fingerprint density at radius 2 is 1.95 bits per heavy atom. The van der Waals surface area contributed by atoms with Gasteiger partial charge in [-0.3, -0.25) is 0 Å². The lowest BCUT2D eigenvalue weighted by Gasteiger charge is -2.22. The van der Waals surface area contributed by atoms with Crippen molar-refractivity contribution in [3.8, 4) is 12.3 Å². The van der Waals surface area contributed by atoms with Crippen molar-refractivity contribution in [3.05, 3.63) is 35.4 Å². The molecule has 5 nitrogen and oxygen atoms in total. The number of hydrogen-bond donors (Lipinski definition) is 2. The maximum atomic E-state index is 11.9. The van der Waals surface area contributed by atoms with Gasteiger partial charge in [0.05, 0.1) is 0 Å². The van der Waals surface area contributed by atoms with Crippen LogP contribution in [0.3, 0.4) is 0 Å². The van der Waals surface area contributed by atoms with Crippen LogP contribution in [0.1, 0.15) is 44.2 Å². The number of carbonyl (C=O) groups excluding carboxylic acids is 1. The van der Waals surface area contributed by atoms with Gasteiger partial charge in [-0.2, -0.15) is 0 Å². The van der Waals surface area contributed by atoms with E-state index < -0.39 is 23.2 Å². The normalized spacial score (nSPS) is 23.3. The van der Waals surface area contributed by atoms with Crippen molar-refractivity contribution in [2.75, 3.05) is 0 Å². The van der Waals surface area contributed by atoms with Gasteiger partial charge in [-0.25, -0.2) is 9.59 Å². The number of hydrogen-bond acceptors (Lipinski definition) is 3. The molecule has 1 aliphatic carbocycles. The predicted octanol–water partition coefficient (Wildman–Crippen LogP) is 2.50. The zero-order valence-electron chi connectivity index (χ0n) is 12.8. The second kappa shape index (κ2) is 5.38. The average molecular weight is 301 g/mol. The van der Waals surface area contributed by atoms with E-state index in [1.54, 1.807) is 45.0 Å². The molecule has 0 saturated heterocycles. The number of carboxylic acids is 1. The molecule has 1 aromatic carbocycles. The number of ether oxygens (including phenoxy) is 1. The number of carbonyl (C=O) groups is 2. The molecule has 116 valence electrons. The van der Waals surface area contributed by atoms with Crippen LogP contribution >= 0.6 is 0 Å². The first kappa shape index (κ1) is 15.9. The fourth-order valence-corrected chi connectivity index (χ4v) is 2.39. The van der Waals surface area contributed by atoms with E-state index >= 15 is 0 Å². The lowest BCUT2D eigenvalue weighted by Crippen LogP contribution is -2.46. The van der Waals surface area contributed by atoms with Crippen molar-refractivity contribution < 1.29 is 19.4 Å². The lowest BCUT2D eigenvalue weighted by molar-refractivity contribution is -0.140. The van der Waals surface area contributed by atoms with E-state index in [1.165, 1.54) is 0 Å². The number of rotatable bonds is 3. The molecule has 1 aromatic rings. The summed E-state index contributed by atoms with van der Waals surface area (Å²) >= 11 is 0. The van der Waals surface area contributed by atoms with Crippen molar-refractivity contribution >= 4 is 12.1 Å². The highest BCUT2D eigenvalue weighted by atomic mass is 16.6. The molecule has 0 aliphatic heterocycles. The number of amides is 1. The number of aliphatic carboxylic acids is 1. The summed E-state index contributed by atoms with van der Waals surface area (Å²) in [6.45, 7) is 5.18. The van der Waals surface area contributed by atoms with Crippen molar-refractivity contribution in [3.63, 3.8) is 0 Å². The highest BCUT2D eigenvalue weighted by Gasteiger charge is 2.62. The van der Waals surface area contributed by atoms with Crippen LogP contribution in [-0.4, -0.2) is 28.3 Å². The Labute approximate surface area is 129 Å². The van der Waals surface area contributed by atoms with Crippen molar-refractivity contribution in [2.24, 2.45) is 0 Å². The van der Waals surface area contributed by atoms with E-state index in [9.17, 15) is 14.7 Å². The van der Waals surface area contributed by atoms with Crippen LogP contribution in [0.25, 0.3) is 0 Å². The van der Waals surface area contributed by atoms with Gasteiger partial charge >= 0.3 is 12.1 Å². The first-order valence-electron chi connectivity index (χ1n) is 6.99. The van der Waals surface area contributed by atoms with Crippen LogP contribution in [0, 0.1) is 12.3 Å². The van der Waals surface area contributed by atoms with Gasteiger partial charge in [0.2, 0.25) is 0 Å². The third-order valence-electron chi connectivity index (χ3n) is 3.55. The van der Waals surface area contributed by atoms with Gasteiger partial charge in [-0.1, -0.05) is 18.1 Å². The SMILES string of the molecule is C#Cc1ccc([C@H]2C[C@]2(NC(=O)OC(C)(C)C)C(=O)O)cc1. The number of nitrogens with one attached hydrogen (secondary N) is 1. The molecule has 2 atom stereocenters. The summed E-state index contributed by atoms with van der Waals surface area (Å²) in [5.74, 6) is 1.16. The van der Waals surface area contributed by atoms with Crippen LogP contribution in [0.15, 0.2) is 24.3 Å². The molecule has 0 aromatic heterocycles. The second-order valence-electron chi connectivity index (χ2n) is 6.43. The van der Waals surface area contributed by atoms with Crippen molar-refractivity contribution in [2.45, 2.75) is 44.2 Å². The standard InChI is InChI=1S/C17H19NO4/c1-5-11-6-8-12(9-7-11)13-10-17(13,14(19)20)18-15(21)22-16(2,3)4/h1,6-9,13H,10H2,2-4H3,(H,18,21)(H,19,20)/t13-,17-/m1/s1. The van der Waals surface area contributed by atoms with E-state index in [-0.39, 0.29) is 5.92 Å². The summed E-state index contributed by atoms with van der Waals surface area (Å²) in [6, 6.07) is 7.10. The maximum Gasteiger partial charge on any atom is 0.408 e. The van der Waals surface area contributed by atoms with Gasteiger partial charge in [-0.05, 0) is 44.9 Å². The van der Waals surface area contributed by atoms with E-state index in [1.807, 2.05) is 0 Å². The molecule has 1 amide bonds. The lowest BCUT2D eigenvalue weighted by atomic mass is 10.0. The van der Waals surface area contributed by atoms with Crippen LogP contribution in [0.5, 0.6) is 0 Å². The summed E-state index contributed by atoms with van der Waals surface area (Å²) in [7, 11) is 0. The van der Waals surface area contributed by atoms with Gasteiger partial charge in [0.15, 0.2) is 0 Å². The Balaban J connectivity index is 2.14. The number of carboxylic acid groups (broad SMARTS) is 1. The minimum Gasteiger partial charge on any atom is -0.479 e. The van der Waals surface area contributed by atoms with Gasteiger partial charge in [0, 0.05) is 11.5 Å². The smallest absolute Gasteiger partial charge is 0.408 e. The van der Waals surface area contributed by atoms with Crippen LogP contribution < -0.4 is 5.32 Å². The average Bonchev–Trinajstić information content (AvgIpc) is 3.12. The number of benzene rings is 1. The van der Waals surface area contributed by atoms with Gasteiger partial charge in [-0.15, -0.1) is 6.42 Å². The largest absolute Gasteiger partial charge is 0.479 e. The van der Waals surface area contributed by atoms with E-state index in [4.69, 9.17) is 11.2 Å². The van der Waals surface area contributed by atoms with Gasteiger partial charge in [0.25, 0.3) is 0 Å². The van der Waals surface area contributed by atoms with E-state index in [0.717, 1.165) is 11.1 Å². The first-order valence-corrected chi connectivity index (χ1v) is 6.99. The molecule has 0 unspecified atom stereocenters. The van der Waals surface area contributed by atoms with Crippen LogP contribution in [0.4, 0.5) is 4.79 Å². The summed E-state index contributed by atoms with van der Waals surface area (Å²) in [6.07, 6.45) is 4.91. The number of terminal acetylenes is 1. The van der Waals surface area contributed by atoms with E-state index in [2.05, 4.69) is 11.2 Å². The molecule has 2 N–H and O–H groups in total. The molecule has 1 fully saturated rings. The van der Waals surface area contributed by atoms with E-state index in [0.29, 0.717) is 6.42 Å². The Morgan fingerprint density at radius 1 is 1.36 bits per heavy atom. The van der Waals surface area contributed by atoms with Crippen molar-refractivity contribution in [1.82, 2.24) is 5.32 Å². The zero-order valence-corrected chi connectivity index (χ0v) is 12.8. The fourth-order valence-electron chi connectivity index (χ4n) is 2.39. The molecule has 2 rings (SSSR count). The van der Waals surface area contributed by atoms with Crippen molar-refractivity contribution in [1.29, 1.82) is 0 Å². The van der Waals surface area contributed by atoms with Crippen LogP contribution in [-0.2, 0) is 9.53 Å². The fraction of sp³-hybridized carbons (Fsp3) is 0.412. The molecule has 0 spiro atoms. The predicted molar refractivity (Wildman–Crippen MR) is 81.5 cm³/mol. The quantitative estimate of drug-likeness (QED) is 0.841. The molecule has 0 radical (unpaired) electrons. The third-order valence-corrected chi connectivity index (χ3v) is 3.55. The zero-order chi connectivity index (χ0) is 16.5. The van der Waals surface area contributed by atoms with Crippen LogP contribution in [0.2, 0.25) is 0 Å². The highest BCUT2D eigenvalue weighted by Crippen LogP contribution is 2.51. The first-order chi connectivity index (χ1) is 10.2. The summed E-state index contributed by atoms with van der Waals surface area (Å²) in [4.78, 5) is 23.5. The second-order valence-corrected chi connectivity index (χ2v) is 6.43. The highest BCUT2D eigenvalue weighted by molar-refractivity contribution is 5.90. The molecule has 5 heteroatoms. The molecule has 0 bridgehead atoms. The molecule has 22 heavy (non-hydrogen) atoms. The minimum atomic E-state index is -1.31. The monoisotopic (exact) mass is 301 g/mol. The summed E-state index contributed by atoms with van der Waals surface area (Å²) in [5, 5.41) is 12.0. The molecular weight excluding hydrogens is 282 g/mol. The maximum absolute atomic E-state index is 11.9. The molecule has 1 aliphatic rings. The summed E-state index contributed by atoms with van der Waals surface area (Å²) < 4.78 is 5.14. The Hall–Kier alpha value is -2.48. The topological polar surface area (TPSA) is 75.6 Å². The Bertz CT molecular complexity index is 636. The molecule has 0 heterocycles. The Morgan fingerprint density at radius 3 is 2.41 bits per heavy atom. The molecular formula is C17H19NO4. The summed E-state index contributed by atoms with van der Waals surface area (Å²) in [5.41, 5.74) is -0.425. The molecule has 1 saturated carbocycles. The minimum absolute atomic E-state index is 0.288. The Kier molecular flexibility index (Phi) is 3.89. The number of alkyl carbamates (subject to hydrolysis) is 1. The van der Waals surface area contributed by atoms with Gasteiger partial charge < -0.3 is 15.2 Å². The third kappa shape index (κ3) is 3.22.